The summed E-state index contributed by atoms with van der Waals surface area (Å²) in [6.07, 6.45) is 1.54. The van der Waals surface area contributed by atoms with E-state index in [1.807, 2.05) is 6.92 Å². The van der Waals surface area contributed by atoms with Crippen LogP contribution in [0.1, 0.15) is 5.56 Å². The molecule has 4 nitrogen and oxygen atoms in total. The van der Waals surface area contributed by atoms with Crippen molar-refractivity contribution in [2.24, 2.45) is 5.84 Å². The predicted molar refractivity (Wildman–Crippen MR) is 54.7 cm³/mol. The SMILES string of the molecule is Cc1csc2c(N(C)N)ncnc12. The fraction of sp³-hybridized carbons (Fsp3) is 0.250. The van der Waals surface area contributed by atoms with Crippen LogP contribution in [-0.4, -0.2) is 17.0 Å². The highest BCUT2D eigenvalue weighted by Gasteiger charge is 2.08. The number of anilines is 1. The zero-order chi connectivity index (χ0) is 9.42. The molecule has 2 heterocycles. The Balaban J connectivity index is 2.77. The molecule has 13 heavy (non-hydrogen) atoms. The molecule has 0 bridgehead atoms. The Bertz CT molecular complexity index is 435. The summed E-state index contributed by atoms with van der Waals surface area (Å²) in [5, 5.41) is 3.58. The number of hydrazine groups is 1. The molecule has 0 fully saturated rings. The van der Waals surface area contributed by atoms with E-state index >= 15 is 0 Å². The van der Waals surface area contributed by atoms with Gasteiger partial charge in [0.25, 0.3) is 0 Å². The van der Waals surface area contributed by atoms with Gasteiger partial charge in [-0.05, 0) is 17.9 Å². The van der Waals surface area contributed by atoms with Gasteiger partial charge in [-0.1, -0.05) is 0 Å². The monoisotopic (exact) mass is 194 g/mol. The van der Waals surface area contributed by atoms with Gasteiger partial charge in [0.1, 0.15) is 6.33 Å². The van der Waals surface area contributed by atoms with Gasteiger partial charge >= 0.3 is 0 Å². The highest BCUT2D eigenvalue weighted by Crippen LogP contribution is 2.28. The van der Waals surface area contributed by atoms with E-state index in [4.69, 9.17) is 5.84 Å². The van der Waals surface area contributed by atoms with E-state index in [1.54, 1.807) is 24.7 Å². The van der Waals surface area contributed by atoms with E-state index in [0.29, 0.717) is 0 Å². The second kappa shape index (κ2) is 2.93. The second-order valence-electron chi connectivity index (χ2n) is 2.90. The molecule has 5 heteroatoms. The Kier molecular flexibility index (Phi) is 1.90. The minimum Gasteiger partial charge on any atom is -0.297 e. The topological polar surface area (TPSA) is 55.0 Å². The fourth-order valence-corrected chi connectivity index (χ4v) is 2.24. The van der Waals surface area contributed by atoms with Crippen molar-refractivity contribution in [2.75, 3.05) is 12.1 Å². The van der Waals surface area contributed by atoms with Crippen molar-refractivity contribution >= 4 is 27.4 Å². The van der Waals surface area contributed by atoms with Crippen molar-refractivity contribution in [2.45, 2.75) is 6.92 Å². The minimum absolute atomic E-state index is 0.781. The summed E-state index contributed by atoms with van der Waals surface area (Å²) in [5.41, 5.74) is 2.16. The Morgan fingerprint density at radius 1 is 1.46 bits per heavy atom. The first-order valence-corrected chi connectivity index (χ1v) is 4.75. The summed E-state index contributed by atoms with van der Waals surface area (Å²) < 4.78 is 1.05. The number of nitrogens with zero attached hydrogens (tertiary/aromatic N) is 3. The van der Waals surface area contributed by atoms with E-state index in [-0.39, 0.29) is 0 Å². The molecule has 0 amide bonds. The summed E-state index contributed by atoms with van der Waals surface area (Å²) in [4.78, 5) is 8.32. The third-order valence-electron chi connectivity index (χ3n) is 1.85. The summed E-state index contributed by atoms with van der Waals surface area (Å²) in [5.74, 6) is 6.42. The maximum Gasteiger partial charge on any atom is 0.163 e. The van der Waals surface area contributed by atoms with Crippen LogP contribution in [0.25, 0.3) is 10.2 Å². The normalized spacial score (nSPS) is 10.7. The molecule has 0 aliphatic carbocycles. The number of nitrogens with two attached hydrogens (primary N) is 1. The highest BCUT2D eigenvalue weighted by atomic mass is 32.1. The number of aryl methyl sites for hydroxylation is 1. The van der Waals surface area contributed by atoms with Gasteiger partial charge in [0.15, 0.2) is 5.82 Å². The zero-order valence-corrected chi connectivity index (χ0v) is 8.30. The van der Waals surface area contributed by atoms with Crippen LogP contribution in [0, 0.1) is 6.92 Å². The molecule has 0 aliphatic heterocycles. The third kappa shape index (κ3) is 1.26. The van der Waals surface area contributed by atoms with E-state index < -0.39 is 0 Å². The maximum absolute atomic E-state index is 5.64. The average molecular weight is 194 g/mol. The molecule has 2 aromatic heterocycles. The number of hydrogen-bond donors (Lipinski definition) is 1. The van der Waals surface area contributed by atoms with E-state index in [0.717, 1.165) is 16.0 Å². The molecule has 2 aromatic rings. The largest absolute Gasteiger partial charge is 0.297 e. The molecule has 0 radical (unpaired) electrons. The average Bonchev–Trinajstić information content (AvgIpc) is 2.48. The molecule has 0 atom stereocenters. The summed E-state index contributed by atoms with van der Waals surface area (Å²) in [6, 6.07) is 0. The van der Waals surface area contributed by atoms with Gasteiger partial charge in [0.2, 0.25) is 0 Å². The molecule has 0 aromatic carbocycles. The molecule has 0 saturated carbocycles. The molecular weight excluding hydrogens is 184 g/mol. The molecule has 0 aliphatic rings. The molecule has 0 spiro atoms. The van der Waals surface area contributed by atoms with E-state index in [9.17, 15) is 0 Å². The van der Waals surface area contributed by atoms with Crippen molar-refractivity contribution < 1.29 is 0 Å². The lowest BCUT2D eigenvalue weighted by Crippen LogP contribution is -2.26. The van der Waals surface area contributed by atoms with Crippen LogP contribution in [0.4, 0.5) is 5.82 Å². The fourth-order valence-electron chi connectivity index (χ4n) is 1.21. The van der Waals surface area contributed by atoms with Gasteiger partial charge in [-0.25, -0.2) is 15.8 Å². The van der Waals surface area contributed by atoms with Gasteiger partial charge in [-0.3, -0.25) is 5.01 Å². The number of hydrogen-bond acceptors (Lipinski definition) is 5. The highest BCUT2D eigenvalue weighted by molar-refractivity contribution is 7.18. The Hall–Kier alpha value is -1.20. The van der Waals surface area contributed by atoms with Crippen LogP contribution in [0.15, 0.2) is 11.7 Å². The maximum atomic E-state index is 5.64. The van der Waals surface area contributed by atoms with Gasteiger partial charge in [-0.2, -0.15) is 0 Å². The van der Waals surface area contributed by atoms with Crippen molar-refractivity contribution in [3.8, 4) is 0 Å². The molecule has 0 unspecified atom stereocenters. The zero-order valence-electron chi connectivity index (χ0n) is 7.48. The first-order chi connectivity index (χ1) is 6.20. The van der Waals surface area contributed by atoms with E-state index in [1.165, 1.54) is 10.6 Å². The number of thiophene rings is 1. The minimum atomic E-state index is 0.781. The molecule has 0 saturated heterocycles. The van der Waals surface area contributed by atoms with E-state index in [2.05, 4.69) is 15.3 Å². The second-order valence-corrected chi connectivity index (χ2v) is 3.78. The third-order valence-corrected chi connectivity index (χ3v) is 2.93. The molecule has 2 rings (SSSR count). The quantitative estimate of drug-likeness (QED) is 0.549. The smallest absolute Gasteiger partial charge is 0.163 e. The van der Waals surface area contributed by atoms with Crippen LogP contribution < -0.4 is 10.9 Å². The predicted octanol–water partition coefficient (Wildman–Crippen LogP) is 1.31. The standard InChI is InChI=1S/C8H10N4S/c1-5-3-13-7-6(5)10-4-11-8(7)12(2)9/h3-4H,9H2,1-2H3. The van der Waals surface area contributed by atoms with Crippen molar-refractivity contribution in [1.82, 2.24) is 9.97 Å². The summed E-state index contributed by atoms with van der Waals surface area (Å²) in [6.45, 7) is 2.03. The van der Waals surface area contributed by atoms with Crippen LogP contribution in [-0.2, 0) is 0 Å². The lowest BCUT2D eigenvalue weighted by molar-refractivity contribution is 0.980. The van der Waals surface area contributed by atoms with Gasteiger partial charge in [0.05, 0.1) is 10.2 Å². The van der Waals surface area contributed by atoms with Crippen LogP contribution >= 0.6 is 11.3 Å². The number of rotatable bonds is 1. The first kappa shape index (κ1) is 8.40. The Morgan fingerprint density at radius 2 is 2.23 bits per heavy atom. The van der Waals surface area contributed by atoms with Gasteiger partial charge < -0.3 is 0 Å². The first-order valence-electron chi connectivity index (χ1n) is 3.87. The summed E-state index contributed by atoms with van der Waals surface area (Å²) in [7, 11) is 1.77. The Morgan fingerprint density at radius 3 is 2.92 bits per heavy atom. The summed E-state index contributed by atoms with van der Waals surface area (Å²) >= 11 is 1.62. The lowest BCUT2D eigenvalue weighted by Gasteiger charge is -2.10. The van der Waals surface area contributed by atoms with Crippen molar-refractivity contribution in [3.63, 3.8) is 0 Å². The molecule has 2 N–H and O–H groups in total. The van der Waals surface area contributed by atoms with Crippen molar-refractivity contribution in [1.29, 1.82) is 0 Å². The molecular formula is C8H10N4S. The number of fused-ring (bicyclic) bond motifs is 1. The van der Waals surface area contributed by atoms with Gasteiger partial charge in [-0.15, -0.1) is 11.3 Å². The molecule has 68 valence electrons. The van der Waals surface area contributed by atoms with Crippen LogP contribution in [0.3, 0.4) is 0 Å². The Labute approximate surface area is 80.0 Å². The van der Waals surface area contributed by atoms with Gasteiger partial charge in [0, 0.05) is 7.05 Å². The lowest BCUT2D eigenvalue weighted by atomic mass is 10.3. The number of aromatic nitrogens is 2. The van der Waals surface area contributed by atoms with Crippen LogP contribution in [0.2, 0.25) is 0 Å². The van der Waals surface area contributed by atoms with Crippen LogP contribution in [0.5, 0.6) is 0 Å². The van der Waals surface area contributed by atoms with Crippen molar-refractivity contribution in [3.05, 3.63) is 17.3 Å².